The molecule has 5 rings (SSSR count). The van der Waals surface area contributed by atoms with Crippen molar-refractivity contribution >= 4 is 64.1 Å². The van der Waals surface area contributed by atoms with Crippen molar-refractivity contribution in [3.8, 4) is 0 Å². The van der Waals surface area contributed by atoms with Crippen molar-refractivity contribution in [3.05, 3.63) is 90.1 Å². The summed E-state index contributed by atoms with van der Waals surface area (Å²) in [5.41, 5.74) is 8.29. The summed E-state index contributed by atoms with van der Waals surface area (Å²) < 4.78 is 0. The lowest BCUT2D eigenvalue weighted by molar-refractivity contribution is -0.142. The zero-order valence-electron chi connectivity index (χ0n) is 40.7. The first-order chi connectivity index (χ1) is 34.6. The third-order valence-corrected chi connectivity index (χ3v) is 12.3. The van der Waals surface area contributed by atoms with E-state index in [1.165, 1.54) is 19.4 Å². The molecule has 2 aromatic carbocycles. The van der Waals surface area contributed by atoms with Crippen LogP contribution in [0.15, 0.2) is 73.3 Å². The van der Waals surface area contributed by atoms with E-state index in [2.05, 4.69) is 57.5 Å². The molecule has 2 aromatic heterocycles. The fraction of sp³-hybridized carbons (Fsp3) is 0.480. The maximum absolute atomic E-state index is 14.6. The van der Waals surface area contributed by atoms with Gasteiger partial charge in [-0.05, 0) is 68.7 Å². The van der Waals surface area contributed by atoms with Crippen LogP contribution in [0.4, 0.5) is 0 Å². The number of benzene rings is 2. The van der Waals surface area contributed by atoms with E-state index < -0.39 is 102 Å². The van der Waals surface area contributed by atoms with Crippen LogP contribution in [0.1, 0.15) is 94.9 Å². The molecule has 4 aromatic rings. The molecule has 0 unspecified atom stereocenters. The van der Waals surface area contributed by atoms with E-state index in [1.807, 2.05) is 31.2 Å². The van der Waals surface area contributed by atoms with Crippen LogP contribution >= 0.6 is 0 Å². The van der Waals surface area contributed by atoms with E-state index in [9.17, 15) is 48.3 Å². The Morgan fingerprint density at radius 1 is 0.764 bits per heavy atom. The number of carbonyl (C=O) groups is 9. The molecule has 8 amide bonds. The van der Waals surface area contributed by atoms with Gasteiger partial charge in [-0.15, -0.1) is 0 Å². The SMILES string of the molecule is CCCC[C@H](NC(C)=O)C(=O)N[C@H]1CC(=O)NCCCC[C@@H](C(=O)O)NC(=O)[C@H](Cc2c[nH]c3ccccc23)NC(=O)[C@H](CCCCN)NC(=O)[C@@H](Cc2ccccc2)NC(=O)[C@H](Cc2cnc[nH]2)NC1=O. The van der Waals surface area contributed by atoms with Gasteiger partial charge in [-0.1, -0.05) is 68.3 Å². The summed E-state index contributed by atoms with van der Waals surface area (Å²) >= 11 is 0. The van der Waals surface area contributed by atoms with Crippen LogP contribution in [0.25, 0.3) is 10.9 Å². The van der Waals surface area contributed by atoms with Crippen molar-refractivity contribution in [1.82, 2.24) is 57.5 Å². The molecule has 72 heavy (non-hydrogen) atoms. The maximum atomic E-state index is 14.6. The van der Waals surface area contributed by atoms with E-state index in [-0.39, 0.29) is 64.5 Å². The molecular weight excluding hydrogens is 929 g/mol. The summed E-state index contributed by atoms with van der Waals surface area (Å²) in [5.74, 6) is -7.34. The molecule has 7 atom stereocenters. The maximum Gasteiger partial charge on any atom is 0.326 e. The molecule has 1 fully saturated rings. The monoisotopic (exact) mass is 997 g/mol. The Morgan fingerprint density at radius 2 is 1.42 bits per heavy atom. The minimum atomic E-state index is -1.57. The smallest absolute Gasteiger partial charge is 0.326 e. The van der Waals surface area contributed by atoms with Crippen LogP contribution in [0, 0.1) is 0 Å². The van der Waals surface area contributed by atoms with Crippen LogP contribution in [0.2, 0.25) is 0 Å². The highest BCUT2D eigenvalue weighted by atomic mass is 16.4. The van der Waals surface area contributed by atoms with Gasteiger partial charge in [0.2, 0.25) is 47.3 Å². The van der Waals surface area contributed by atoms with Gasteiger partial charge in [-0.3, -0.25) is 38.4 Å². The number of aromatic nitrogens is 3. The fourth-order valence-electron chi connectivity index (χ4n) is 8.36. The third kappa shape index (κ3) is 17.4. The third-order valence-electron chi connectivity index (χ3n) is 12.3. The second-order valence-corrected chi connectivity index (χ2v) is 18.0. The molecule has 0 radical (unpaired) electrons. The number of nitrogens with one attached hydrogen (secondary N) is 10. The van der Waals surface area contributed by atoms with Gasteiger partial charge >= 0.3 is 5.97 Å². The Labute approximate surface area is 417 Å². The standard InChI is InChI=1S/C50H68N12O10/c1-3-4-17-36(56-30(2)63)44(65)62-42-26-43(64)53-22-13-11-20-38(50(71)72)58-47(68)40(24-32-27-54-35-18-9-8-16-34(32)35)60-45(66)37(19-10-12-21-51)57-46(67)39(23-31-14-6-5-7-15-31)59-48(69)41(61-49(42)70)25-33-28-52-29-55-33/h5-9,14-16,18,27-29,36-42,54H,3-4,10-13,17,19-26,51H2,1-2H3,(H,52,55)(H,53,64)(H,56,63)(H,57,67)(H,58,68)(H,59,69)(H,60,66)(H,61,70)(H,62,65)(H,71,72)/t36-,37-,38-,39+,40-,41-,42-/m0/s1. The van der Waals surface area contributed by atoms with Gasteiger partial charge in [0, 0.05) is 61.7 Å². The Kier molecular flexibility index (Phi) is 21.7. The largest absolute Gasteiger partial charge is 0.480 e. The van der Waals surface area contributed by atoms with E-state index in [0.29, 0.717) is 42.5 Å². The second-order valence-electron chi connectivity index (χ2n) is 18.0. The number of carbonyl (C=O) groups excluding carboxylic acids is 8. The second kappa shape index (κ2) is 28.3. The van der Waals surface area contributed by atoms with Gasteiger partial charge in [-0.25, -0.2) is 9.78 Å². The lowest BCUT2D eigenvalue weighted by Crippen LogP contribution is -2.61. The zero-order chi connectivity index (χ0) is 52.0. The number of carboxylic acid groups (broad SMARTS) is 1. The molecule has 0 bridgehead atoms. The first-order valence-corrected chi connectivity index (χ1v) is 24.5. The minimum absolute atomic E-state index is 0.0197. The number of H-pyrrole nitrogens is 2. The Balaban J connectivity index is 1.54. The summed E-state index contributed by atoms with van der Waals surface area (Å²) in [5, 5.41) is 32.5. The topological polar surface area (TPSA) is 341 Å². The number of hydrogen-bond donors (Lipinski definition) is 12. The molecule has 22 heteroatoms. The molecule has 0 spiro atoms. The number of nitrogens with zero attached hydrogens (tertiary/aromatic N) is 1. The van der Waals surface area contributed by atoms with Crippen molar-refractivity contribution < 1.29 is 48.3 Å². The molecule has 1 aliphatic heterocycles. The highest BCUT2D eigenvalue weighted by Gasteiger charge is 2.35. The molecule has 1 aliphatic rings. The summed E-state index contributed by atoms with van der Waals surface area (Å²) in [6, 6.07) is 6.65. The van der Waals surface area contributed by atoms with E-state index in [4.69, 9.17) is 5.73 Å². The Morgan fingerprint density at radius 3 is 2.10 bits per heavy atom. The summed E-state index contributed by atoms with van der Waals surface area (Å²) in [6.07, 6.45) is 6.37. The molecule has 0 saturated carbocycles. The van der Waals surface area contributed by atoms with Gasteiger partial charge in [0.15, 0.2) is 0 Å². The van der Waals surface area contributed by atoms with Crippen LogP contribution < -0.4 is 48.3 Å². The predicted octanol–water partition coefficient (Wildman–Crippen LogP) is 0.426. The highest BCUT2D eigenvalue weighted by molar-refractivity contribution is 5.99. The summed E-state index contributed by atoms with van der Waals surface area (Å²) in [4.78, 5) is 134. The number of carboxylic acids is 1. The van der Waals surface area contributed by atoms with Crippen LogP contribution in [-0.4, -0.2) is 129 Å². The fourth-order valence-corrected chi connectivity index (χ4v) is 8.36. The van der Waals surface area contributed by atoms with Gasteiger partial charge in [0.05, 0.1) is 12.7 Å². The number of imidazole rings is 1. The Bertz CT molecular complexity index is 2460. The van der Waals surface area contributed by atoms with Gasteiger partial charge in [0.25, 0.3) is 0 Å². The number of hydrogen-bond acceptors (Lipinski definition) is 11. The first kappa shape index (κ1) is 55.3. The van der Waals surface area contributed by atoms with Crippen molar-refractivity contribution in [1.29, 1.82) is 0 Å². The Hall–Kier alpha value is -7.62. The average molecular weight is 997 g/mol. The molecule has 1 saturated heterocycles. The van der Waals surface area contributed by atoms with Crippen LogP contribution in [-0.2, 0) is 62.4 Å². The molecule has 3 heterocycles. The number of nitrogens with two attached hydrogens (primary N) is 1. The van der Waals surface area contributed by atoms with Gasteiger partial charge < -0.3 is 63.3 Å². The van der Waals surface area contributed by atoms with E-state index in [1.54, 1.807) is 36.5 Å². The minimum Gasteiger partial charge on any atom is -0.480 e. The normalized spacial score (nSPS) is 21.7. The number of para-hydroxylation sites is 1. The lowest BCUT2D eigenvalue weighted by Gasteiger charge is -2.28. The molecule has 388 valence electrons. The zero-order valence-corrected chi connectivity index (χ0v) is 40.7. The van der Waals surface area contributed by atoms with Crippen LogP contribution in [0.5, 0.6) is 0 Å². The number of rotatable bonds is 17. The lowest BCUT2D eigenvalue weighted by atomic mass is 10.0. The molecule has 22 nitrogen and oxygen atoms in total. The number of fused-ring (bicyclic) bond motifs is 1. The number of aromatic amines is 2. The molecule has 13 N–H and O–H groups in total. The van der Waals surface area contributed by atoms with Crippen molar-refractivity contribution in [2.75, 3.05) is 13.1 Å². The number of aliphatic carboxylic acids is 1. The summed E-state index contributed by atoms with van der Waals surface area (Å²) in [6.45, 7) is 3.45. The first-order valence-electron chi connectivity index (χ1n) is 24.5. The quantitative estimate of drug-likeness (QED) is 0.0641. The van der Waals surface area contributed by atoms with Gasteiger partial charge in [0.1, 0.15) is 42.3 Å². The molecule has 0 aliphatic carbocycles. The van der Waals surface area contributed by atoms with Crippen molar-refractivity contribution in [3.63, 3.8) is 0 Å². The van der Waals surface area contributed by atoms with E-state index >= 15 is 0 Å². The molecular formula is C50H68N12O10. The van der Waals surface area contributed by atoms with Crippen LogP contribution in [0.3, 0.4) is 0 Å². The number of amides is 8. The average Bonchev–Trinajstić information content (AvgIpc) is 4.03. The van der Waals surface area contributed by atoms with E-state index in [0.717, 1.165) is 10.9 Å². The van der Waals surface area contributed by atoms with Gasteiger partial charge in [-0.2, -0.15) is 0 Å². The number of unbranched alkanes of at least 4 members (excludes halogenated alkanes) is 2. The highest BCUT2D eigenvalue weighted by Crippen LogP contribution is 2.20. The predicted molar refractivity (Wildman–Crippen MR) is 265 cm³/mol. The van der Waals surface area contributed by atoms with Crippen molar-refractivity contribution in [2.24, 2.45) is 5.73 Å². The van der Waals surface area contributed by atoms with Crippen molar-refractivity contribution in [2.45, 2.75) is 140 Å². The summed E-state index contributed by atoms with van der Waals surface area (Å²) in [7, 11) is 0.